The Morgan fingerprint density at radius 3 is 2.33 bits per heavy atom. The van der Waals surface area contributed by atoms with Gasteiger partial charge in [0.05, 0.1) is 18.3 Å². The van der Waals surface area contributed by atoms with Crippen LogP contribution in [-0.2, 0) is 0 Å². The Labute approximate surface area is 113 Å². The van der Waals surface area contributed by atoms with Crippen LogP contribution in [0.2, 0.25) is 0 Å². The summed E-state index contributed by atoms with van der Waals surface area (Å²) in [5.41, 5.74) is 0.771. The van der Waals surface area contributed by atoms with Crippen LogP contribution >= 0.6 is 11.8 Å². The Kier molecular flexibility index (Phi) is 7.35. The molecule has 1 aromatic carbocycles. The molecule has 0 bridgehead atoms. The Bertz CT molecular complexity index is 318. The van der Waals surface area contributed by atoms with Gasteiger partial charge in [0.25, 0.3) is 0 Å². The number of benzene rings is 1. The molecule has 0 aliphatic carbocycles. The van der Waals surface area contributed by atoms with Gasteiger partial charge in [-0.25, -0.2) is 0 Å². The standard InChI is InChI=1S/C14H22O3S/c1-18-9-5-8-12(15)14(17)10-13(16)11-6-3-2-4-7-11/h2-4,6-7,12-17H,5,8-10H2,1H3. The van der Waals surface area contributed by atoms with Crippen LogP contribution in [0.25, 0.3) is 0 Å². The number of aliphatic hydroxyl groups excluding tert-OH is 3. The van der Waals surface area contributed by atoms with Crippen molar-refractivity contribution in [2.24, 2.45) is 0 Å². The molecular formula is C14H22O3S. The smallest absolute Gasteiger partial charge is 0.0827 e. The molecule has 1 rings (SSSR count). The summed E-state index contributed by atoms with van der Waals surface area (Å²) in [4.78, 5) is 0. The van der Waals surface area contributed by atoms with Crippen LogP contribution in [-0.4, -0.2) is 39.5 Å². The Hall–Kier alpha value is -0.550. The highest BCUT2D eigenvalue weighted by Crippen LogP contribution is 2.20. The summed E-state index contributed by atoms with van der Waals surface area (Å²) in [7, 11) is 0. The van der Waals surface area contributed by atoms with E-state index in [4.69, 9.17) is 0 Å². The second kappa shape index (κ2) is 8.53. The Morgan fingerprint density at radius 2 is 1.72 bits per heavy atom. The molecule has 18 heavy (non-hydrogen) atoms. The maximum absolute atomic E-state index is 9.94. The van der Waals surface area contributed by atoms with Gasteiger partial charge in [0.2, 0.25) is 0 Å². The first-order valence-corrected chi connectivity index (χ1v) is 7.62. The molecule has 3 N–H and O–H groups in total. The molecule has 0 amide bonds. The Balaban J connectivity index is 2.37. The summed E-state index contributed by atoms with van der Waals surface area (Å²) >= 11 is 1.72. The third-order valence-corrected chi connectivity index (χ3v) is 3.64. The maximum Gasteiger partial charge on any atom is 0.0827 e. The molecule has 102 valence electrons. The first kappa shape index (κ1) is 15.5. The molecule has 3 unspecified atom stereocenters. The van der Waals surface area contributed by atoms with Crippen LogP contribution < -0.4 is 0 Å². The van der Waals surface area contributed by atoms with E-state index < -0.39 is 18.3 Å². The predicted octanol–water partition coefficient (Wildman–Crippen LogP) is 1.98. The second-order valence-electron chi connectivity index (χ2n) is 4.43. The van der Waals surface area contributed by atoms with Gasteiger partial charge in [-0.15, -0.1) is 0 Å². The van der Waals surface area contributed by atoms with Crippen LogP contribution in [0.5, 0.6) is 0 Å². The van der Waals surface area contributed by atoms with E-state index in [0.717, 1.165) is 17.7 Å². The first-order valence-electron chi connectivity index (χ1n) is 6.23. The highest BCUT2D eigenvalue weighted by molar-refractivity contribution is 7.98. The van der Waals surface area contributed by atoms with Crippen LogP contribution in [0, 0.1) is 0 Å². The summed E-state index contributed by atoms with van der Waals surface area (Å²) in [6, 6.07) is 9.21. The minimum absolute atomic E-state index is 0.171. The Morgan fingerprint density at radius 1 is 1.06 bits per heavy atom. The van der Waals surface area contributed by atoms with E-state index in [1.54, 1.807) is 11.8 Å². The fourth-order valence-corrected chi connectivity index (χ4v) is 2.28. The van der Waals surface area contributed by atoms with Crippen molar-refractivity contribution < 1.29 is 15.3 Å². The van der Waals surface area contributed by atoms with Gasteiger partial charge in [0, 0.05) is 6.42 Å². The maximum atomic E-state index is 9.94. The molecule has 3 nitrogen and oxygen atoms in total. The number of thioether (sulfide) groups is 1. The monoisotopic (exact) mass is 270 g/mol. The lowest BCUT2D eigenvalue weighted by Gasteiger charge is -2.20. The van der Waals surface area contributed by atoms with Crippen molar-refractivity contribution >= 4 is 11.8 Å². The molecule has 0 fully saturated rings. The summed E-state index contributed by atoms with van der Waals surface area (Å²) < 4.78 is 0. The highest BCUT2D eigenvalue weighted by Gasteiger charge is 2.20. The van der Waals surface area contributed by atoms with Crippen LogP contribution in [0.1, 0.15) is 30.9 Å². The molecule has 0 aliphatic rings. The lowest BCUT2D eigenvalue weighted by Crippen LogP contribution is -2.28. The fourth-order valence-electron chi connectivity index (χ4n) is 1.83. The molecule has 0 heterocycles. The first-order chi connectivity index (χ1) is 8.65. The van der Waals surface area contributed by atoms with Crippen molar-refractivity contribution in [3.05, 3.63) is 35.9 Å². The van der Waals surface area contributed by atoms with E-state index >= 15 is 0 Å². The molecule has 0 aromatic heterocycles. The minimum Gasteiger partial charge on any atom is -0.390 e. The van der Waals surface area contributed by atoms with Gasteiger partial charge in [0.1, 0.15) is 0 Å². The van der Waals surface area contributed by atoms with E-state index in [9.17, 15) is 15.3 Å². The summed E-state index contributed by atoms with van der Waals surface area (Å²) in [5, 5.41) is 29.5. The van der Waals surface area contributed by atoms with Gasteiger partial charge < -0.3 is 15.3 Å². The third kappa shape index (κ3) is 5.40. The van der Waals surface area contributed by atoms with E-state index in [2.05, 4.69) is 0 Å². The normalized spacial score (nSPS) is 16.2. The van der Waals surface area contributed by atoms with Crippen LogP contribution in [0.15, 0.2) is 30.3 Å². The average molecular weight is 270 g/mol. The van der Waals surface area contributed by atoms with Gasteiger partial charge in [-0.2, -0.15) is 11.8 Å². The molecule has 0 spiro atoms. The largest absolute Gasteiger partial charge is 0.390 e. The predicted molar refractivity (Wildman–Crippen MR) is 75.6 cm³/mol. The number of hydrogen-bond acceptors (Lipinski definition) is 4. The van der Waals surface area contributed by atoms with E-state index in [0.29, 0.717) is 6.42 Å². The van der Waals surface area contributed by atoms with Crippen molar-refractivity contribution in [2.75, 3.05) is 12.0 Å². The van der Waals surface area contributed by atoms with Crippen LogP contribution in [0.4, 0.5) is 0 Å². The zero-order valence-electron chi connectivity index (χ0n) is 10.7. The lowest BCUT2D eigenvalue weighted by molar-refractivity contribution is -0.0161. The summed E-state index contributed by atoms with van der Waals surface area (Å²) in [5.74, 6) is 0.977. The van der Waals surface area contributed by atoms with Crippen molar-refractivity contribution in [1.29, 1.82) is 0 Å². The highest BCUT2D eigenvalue weighted by atomic mass is 32.2. The molecular weight excluding hydrogens is 248 g/mol. The number of rotatable bonds is 8. The SMILES string of the molecule is CSCCCC(O)C(O)CC(O)c1ccccc1. The molecule has 1 aromatic rings. The quantitative estimate of drug-likeness (QED) is 0.632. The topological polar surface area (TPSA) is 60.7 Å². The van der Waals surface area contributed by atoms with Gasteiger partial charge in [0.15, 0.2) is 0 Å². The number of aliphatic hydroxyl groups is 3. The van der Waals surface area contributed by atoms with E-state index in [-0.39, 0.29) is 6.42 Å². The van der Waals surface area contributed by atoms with Crippen molar-refractivity contribution in [1.82, 2.24) is 0 Å². The van der Waals surface area contributed by atoms with Crippen molar-refractivity contribution in [2.45, 2.75) is 37.6 Å². The minimum atomic E-state index is -0.873. The zero-order valence-corrected chi connectivity index (χ0v) is 11.5. The summed E-state index contributed by atoms with van der Waals surface area (Å²) in [6.45, 7) is 0. The molecule has 0 saturated carbocycles. The van der Waals surface area contributed by atoms with Crippen molar-refractivity contribution in [3.63, 3.8) is 0 Å². The second-order valence-corrected chi connectivity index (χ2v) is 5.42. The molecule has 0 radical (unpaired) electrons. The fraction of sp³-hybridized carbons (Fsp3) is 0.571. The summed E-state index contributed by atoms with van der Waals surface area (Å²) in [6.07, 6.45) is 1.28. The third-order valence-electron chi connectivity index (χ3n) is 2.94. The van der Waals surface area contributed by atoms with E-state index in [1.807, 2.05) is 36.6 Å². The van der Waals surface area contributed by atoms with E-state index in [1.165, 1.54) is 0 Å². The molecule has 4 heteroatoms. The van der Waals surface area contributed by atoms with Crippen LogP contribution in [0.3, 0.4) is 0 Å². The van der Waals surface area contributed by atoms with Gasteiger partial charge >= 0.3 is 0 Å². The molecule has 3 atom stereocenters. The zero-order chi connectivity index (χ0) is 13.4. The molecule has 0 saturated heterocycles. The van der Waals surface area contributed by atoms with Gasteiger partial charge in [-0.05, 0) is 30.4 Å². The van der Waals surface area contributed by atoms with Gasteiger partial charge in [-0.3, -0.25) is 0 Å². The lowest BCUT2D eigenvalue weighted by atomic mass is 9.99. The average Bonchev–Trinajstić information content (AvgIpc) is 2.39. The molecule has 0 aliphatic heterocycles. The van der Waals surface area contributed by atoms with Crippen molar-refractivity contribution in [3.8, 4) is 0 Å². The number of hydrogen-bond donors (Lipinski definition) is 3. The van der Waals surface area contributed by atoms with Gasteiger partial charge in [-0.1, -0.05) is 30.3 Å².